The molecule has 1 aliphatic rings. The van der Waals surface area contributed by atoms with E-state index in [1.165, 1.54) is 6.42 Å². The van der Waals surface area contributed by atoms with Gasteiger partial charge in [-0.15, -0.1) is 0 Å². The Kier molecular flexibility index (Phi) is 5.21. The highest BCUT2D eigenvalue weighted by atomic mass is 16.2. The van der Waals surface area contributed by atoms with Gasteiger partial charge in [-0.25, -0.2) is 0 Å². The van der Waals surface area contributed by atoms with Gasteiger partial charge in [0, 0.05) is 33.1 Å². The zero-order chi connectivity index (χ0) is 16.3. The summed E-state index contributed by atoms with van der Waals surface area (Å²) in [5, 5.41) is 6.94. The number of nitrogens with zero attached hydrogens (tertiary/aromatic N) is 3. The van der Waals surface area contributed by atoms with Crippen molar-refractivity contribution in [3.63, 3.8) is 0 Å². The molecule has 2 rings (SSSR count). The Hall–Kier alpha value is -1.85. The lowest BCUT2D eigenvalue weighted by Crippen LogP contribution is -2.43. The Morgan fingerprint density at radius 3 is 2.50 bits per heavy atom. The molecule has 0 aromatic carbocycles. The third kappa shape index (κ3) is 4.08. The van der Waals surface area contributed by atoms with Crippen LogP contribution in [-0.4, -0.2) is 46.1 Å². The average Bonchev–Trinajstić information content (AvgIpc) is 2.76. The van der Waals surface area contributed by atoms with Crippen molar-refractivity contribution in [2.24, 2.45) is 18.9 Å². The normalized spacial score (nSPS) is 21.7. The highest BCUT2D eigenvalue weighted by molar-refractivity contribution is 5.92. The van der Waals surface area contributed by atoms with Gasteiger partial charge in [0.1, 0.15) is 5.69 Å². The van der Waals surface area contributed by atoms with Crippen LogP contribution in [0.4, 0.5) is 0 Å². The van der Waals surface area contributed by atoms with Gasteiger partial charge in [0.2, 0.25) is 5.91 Å². The first-order chi connectivity index (χ1) is 10.4. The van der Waals surface area contributed by atoms with Crippen molar-refractivity contribution in [1.82, 2.24) is 20.0 Å². The second-order valence-corrected chi connectivity index (χ2v) is 6.55. The van der Waals surface area contributed by atoms with Crippen molar-refractivity contribution in [2.45, 2.75) is 33.6 Å². The van der Waals surface area contributed by atoms with Crippen molar-refractivity contribution in [1.29, 1.82) is 0 Å². The fourth-order valence-corrected chi connectivity index (χ4v) is 3.22. The summed E-state index contributed by atoms with van der Waals surface area (Å²) in [4.78, 5) is 26.2. The minimum absolute atomic E-state index is 0.125. The molecule has 1 aromatic rings. The van der Waals surface area contributed by atoms with E-state index in [4.69, 9.17) is 0 Å². The standard InChI is InChI=1S/C16H26N4O2/c1-11-7-12(2)10-20(9-11)15(21)5-6-17-16(22)14-8-13(3)18-19(14)4/h8,11-12H,5-7,9-10H2,1-4H3,(H,17,22)/t11-,12-/m1/s1. The average molecular weight is 306 g/mol. The van der Waals surface area contributed by atoms with Crippen molar-refractivity contribution in [3.8, 4) is 0 Å². The topological polar surface area (TPSA) is 67.2 Å². The Morgan fingerprint density at radius 2 is 1.95 bits per heavy atom. The summed E-state index contributed by atoms with van der Waals surface area (Å²) >= 11 is 0. The van der Waals surface area contributed by atoms with Gasteiger partial charge in [0.15, 0.2) is 0 Å². The molecular formula is C16H26N4O2. The molecule has 0 aliphatic carbocycles. The third-order valence-electron chi connectivity index (χ3n) is 4.08. The van der Waals surface area contributed by atoms with E-state index < -0.39 is 0 Å². The van der Waals surface area contributed by atoms with Gasteiger partial charge >= 0.3 is 0 Å². The predicted octanol–water partition coefficient (Wildman–Crippen LogP) is 1.35. The van der Waals surface area contributed by atoms with Crippen LogP contribution in [0.15, 0.2) is 6.07 Å². The molecule has 1 fully saturated rings. The summed E-state index contributed by atoms with van der Waals surface area (Å²) in [6, 6.07) is 1.74. The molecule has 1 aromatic heterocycles. The van der Waals surface area contributed by atoms with Crippen molar-refractivity contribution in [2.75, 3.05) is 19.6 Å². The minimum Gasteiger partial charge on any atom is -0.350 e. The number of rotatable bonds is 4. The SMILES string of the molecule is Cc1cc(C(=O)NCCC(=O)N2C[C@H](C)C[C@@H](C)C2)n(C)n1. The van der Waals surface area contributed by atoms with Crippen LogP contribution in [0.25, 0.3) is 0 Å². The van der Waals surface area contributed by atoms with Crippen molar-refractivity contribution >= 4 is 11.8 Å². The van der Waals surface area contributed by atoms with Crippen LogP contribution in [-0.2, 0) is 11.8 Å². The van der Waals surface area contributed by atoms with E-state index >= 15 is 0 Å². The monoisotopic (exact) mass is 306 g/mol. The maximum atomic E-state index is 12.2. The molecule has 2 atom stereocenters. The summed E-state index contributed by atoms with van der Waals surface area (Å²) in [5.41, 5.74) is 1.32. The van der Waals surface area contributed by atoms with Gasteiger partial charge in [-0.05, 0) is 31.2 Å². The van der Waals surface area contributed by atoms with Crippen molar-refractivity contribution < 1.29 is 9.59 Å². The first-order valence-corrected chi connectivity index (χ1v) is 7.93. The zero-order valence-electron chi connectivity index (χ0n) is 13.9. The second-order valence-electron chi connectivity index (χ2n) is 6.55. The molecule has 0 unspecified atom stereocenters. The number of hydrogen-bond acceptors (Lipinski definition) is 3. The number of aryl methyl sites for hydroxylation is 2. The van der Waals surface area contributed by atoms with E-state index in [9.17, 15) is 9.59 Å². The van der Waals surface area contributed by atoms with E-state index in [2.05, 4.69) is 24.3 Å². The molecule has 22 heavy (non-hydrogen) atoms. The molecule has 1 aliphatic heterocycles. The summed E-state index contributed by atoms with van der Waals surface area (Å²) < 4.78 is 1.56. The Balaban J connectivity index is 1.79. The Labute approximate surface area is 131 Å². The predicted molar refractivity (Wildman–Crippen MR) is 84.4 cm³/mol. The number of amides is 2. The van der Waals surface area contributed by atoms with Gasteiger partial charge in [0.05, 0.1) is 5.69 Å². The van der Waals surface area contributed by atoms with E-state index in [1.54, 1.807) is 17.8 Å². The van der Waals surface area contributed by atoms with Crippen LogP contribution < -0.4 is 5.32 Å². The molecule has 1 saturated heterocycles. The lowest BCUT2D eigenvalue weighted by atomic mass is 9.92. The molecule has 122 valence electrons. The summed E-state index contributed by atoms with van der Waals surface area (Å²) in [6.45, 7) is 8.24. The van der Waals surface area contributed by atoms with Crippen LogP contribution in [0.3, 0.4) is 0 Å². The van der Waals surface area contributed by atoms with Crippen LogP contribution in [0.2, 0.25) is 0 Å². The first kappa shape index (κ1) is 16.5. The number of hydrogen-bond donors (Lipinski definition) is 1. The lowest BCUT2D eigenvalue weighted by molar-refractivity contribution is -0.133. The first-order valence-electron chi connectivity index (χ1n) is 7.93. The molecular weight excluding hydrogens is 280 g/mol. The van der Waals surface area contributed by atoms with E-state index in [-0.39, 0.29) is 11.8 Å². The largest absolute Gasteiger partial charge is 0.350 e. The molecule has 6 heteroatoms. The Bertz CT molecular complexity index is 542. The number of nitrogens with one attached hydrogen (secondary N) is 1. The van der Waals surface area contributed by atoms with Gasteiger partial charge in [0.25, 0.3) is 5.91 Å². The van der Waals surface area contributed by atoms with E-state index in [1.807, 2.05) is 11.8 Å². The molecule has 6 nitrogen and oxygen atoms in total. The molecule has 2 heterocycles. The summed E-state index contributed by atoms with van der Waals surface area (Å²) in [7, 11) is 1.74. The molecule has 0 radical (unpaired) electrons. The summed E-state index contributed by atoms with van der Waals surface area (Å²) in [5.74, 6) is 1.05. The van der Waals surface area contributed by atoms with Crippen LogP contribution in [0, 0.1) is 18.8 Å². The minimum atomic E-state index is -0.184. The molecule has 0 saturated carbocycles. The molecule has 0 bridgehead atoms. The maximum absolute atomic E-state index is 12.2. The van der Waals surface area contributed by atoms with E-state index in [0.29, 0.717) is 30.5 Å². The smallest absolute Gasteiger partial charge is 0.269 e. The van der Waals surface area contributed by atoms with E-state index in [0.717, 1.165) is 18.8 Å². The van der Waals surface area contributed by atoms with Gasteiger partial charge in [-0.3, -0.25) is 14.3 Å². The maximum Gasteiger partial charge on any atom is 0.269 e. The van der Waals surface area contributed by atoms with Gasteiger partial charge in [-0.2, -0.15) is 5.10 Å². The van der Waals surface area contributed by atoms with Crippen LogP contribution in [0.1, 0.15) is 42.9 Å². The van der Waals surface area contributed by atoms with Crippen LogP contribution >= 0.6 is 0 Å². The third-order valence-corrected chi connectivity index (χ3v) is 4.08. The molecule has 2 amide bonds. The highest BCUT2D eigenvalue weighted by Crippen LogP contribution is 2.21. The van der Waals surface area contributed by atoms with Gasteiger partial charge in [-0.1, -0.05) is 13.8 Å². The summed E-state index contributed by atoms with van der Waals surface area (Å²) in [6.07, 6.45) is 1.53. The number of carbonyl (C=O) groups excluding carboxylic acids is 2. The highest BCUT2D eigenvalue weighted by Gasteiger charge is 2.25. The number of aromatic nitrogens is 2. The van der Waals surface area contributed by atoms with Crippen molar-refractivity contribution in [3.05, 3.63) is 17.5 Å². The van der Waals surface area contributed by atoms with Gasteiger partial charge < -0.3 is 10.2 Å². The lowest BCUT2D eigenvalue weighted by Gasteiger charge is -2.35. The zero-order valence-corrected chi connectivity index (χ0v) is 13.9. The molecule has 0 spiro atoms. The quantitative estimate of drug-likeness (QED) is 0.913. The molecule has 1 N–H and O–H groups in total. The fourth-order valence-electron chi connectivity index (χ4n) is 3.22. The fraction of sp³-hybridized carbons (Fsp3) is 0.688. The number of likely N-dealkylation sites (tertiary alicyclic amines) is 1. The Morgan fingerprint density at radius 1 is 1.32 bits per heavy atom. The van der Waals surface area contributed by atoms with Crippen LogP contribution in [0.5, 0.6) is 0 Å². The second kappa shape index (κ2) is 6.94. The number of piperidine rings is 1. The number of carbonyl (C=O) groups is 2.